The number of hydrogen-bond donors (Lipinski definition) is 0. The van der Waals surface area contributed by atoms with Gasteiger partial charge in [0.05, 0.1) is 26.2 Å². The van der Waals surface area contributed by atoms with Crippen LogP contribution in [-0.2, 0) is 0 Å². The number of halogens is 1. The molecule has 0 aliphatic heterocycles. The van der Waals surface area contributed by atoms with Crippen molar-refractivity contribution in [3.8, 4) is 0 Å². The summed E-state index contributed by atoms with van der Waals surface area (Å²) >= 11 is 0. The smallest absolute Gasteiger partial charge is 0.0973 e. The predicted molar refractivity (Wildman–Crippen MR) is 125 cm³/mol. The van der Waals surface area contributed by atoms with Gasteiger partial charge in [-0.3, -0.25) is 0 Å². The minimum atomic E-state index is 0. The number of nitrogens with zero attached hydrogens (tertiary/aromatic N) is 1. The Balaban J connectivity index is 0. The molecule has 168 valence electrons. The SMILES string of the molecule is C=CC[N+](CC=C)(CCCCCCCCCC)CCCCCCCCCC.[Cl-]. The summed E-state index contributed by atoms with van der Waals surface area (Å²) in [6, 6.07) is 0. The molecular weight excluding hydrogens is 362 g/mol. The third-order valence-electron chi connectivity index (χ3n) is 6.00. The largest absolute Gasteiger partial charge is 1.00 e. The molecule has 28 heavy (non-hydrogen) atoms. The summed E-state index contributed by atoms with van der Waals surface area (Å²) in [5.74, 6) is 0. The summed E-state index contributed by atoms with van der Waals surface area (Å²) < 4.78 is 1.19. The summed E-state index contributed by atoms with van der Waals surface area (Å²) in [5.41, 5.74) is 0. The molecule has 0 aromatic heterocycles. The van der Waals surface area contributed by atoms with Crippen LogP contribution in [0.25, 0.3) is 0 Å². The molecule has 0 aromatic rings. The van der Waals surface area contributed by atoms with E-state index in [0.717, 1.165) is 13.1 Å². The van der Waals surface area contributed by atoms with Crippen LogP contribution in [0, 0.1) is 0 Å². The quantitative estimate of drug-likeness (QED) is 0.125. The summed E-state index contributed by atoms with van der Waals surface area (Å²) in [6.07, 6.45) is 26.8. The fourth-order valence-corrected chi connectivity index (χ4v) is 4.26. The first kappa shape index (κ1) is 29.9. The van der Waals surface area contributed by atoms with Gasteiger partial charge in [-0.2, -0.15) is 0 Å². The molecule has 2 heteroatoms. The number of hydrogen-bond acceptors (Lipinski definition) is 0. The fourth-order valence-electron chi connectivity index (χ4n) is 4.26. The summed E-state index contributed by atoms with van der Waals surface area (Å²) in [7, 11) is 0. The van der Waals surface area contributed by atoms with Crippen molar-refractivity contribution in [2.75, 3.05) is 26.2 Å². The molecule has 0 fully saturated rings. The first-order valence-corrected chi connectivity index (χ1v) is 12.3. The predicted octanol–water partition coefficient (Wildman–Crippen LogP) is 5.46. The average Bonchev–Trinajstić information content (AvgIpc) is 2.66. The van der Waals surface area contributed by atoms with E-state index in [-0.39, 0.29) is 12.4 Å². The average molecular weight is 414 g/mol. The molecule has 0 aliphatic carbocycles. The molecule has 0 atom stereocenters. The maximum Gasteiger partial charge on any atom is 0.0973 e. The molecule has 1 nitrogen and oxygen atoms in total. The van der Waals surface area contributed by atoms with Gasteiger partial charge in [0, 0.05) is 0 Å². The van der Waals surface area contributed by atoms with Crippen LogP contribution in [0.3, 0.4) is 0 Å². The second-order valence-corrected chi connectivity index (χ2v) is 8.68. The van der Waals surface area contributed by atoms with Crippen LogP contribution in [0.5, 0.6) is 0 Å². The number of unbranched alkanes of at least 4 members (excludes halogenated alkanes) is 14. The Labute approximate surface area is 185 Å². The number of quaternary nitrogens is 1. The van der Waals surface area contributed by atoms with Crippen molar-refractivity contribution in [3.05, 3.63) is 25.3 Å². The maximum absolute atomic E-state index is 4.05. The molecule has 0 heterocycles. The Kier molecular flexibility index (Phi) is 24.6. The molecule has 0 spiro atoms. The van der Waals surface area contributed by atoms with E-state index in [2.05, 4.69) is 39.2 Å². The topological polar surface area (TPSA) is 0 Å². The van der Waals surface area contributed by atoms with E-state index in [9.17, 15) is 0 Å². The van der Waals surface area contributed by atoms with Crippen molar-refractivity contribution in [2.24, 2.45) is 0 Å². The second kappa shape index (κ2) is 23.0. The zero-order valence-electron chi connectivity index (χ0n) is 19.5. The van der Waals surface area contributed by atoms with E-state index in [0.29, 0.717) is 0 Å². The van der Waals surface area contributed by atoms with E-state index in [1.165, 1.54) is 120 Å². The van der Waals surface area contributed by atoms with Crippen LogP contribution in [0.4, 0.5) is 0 Å². The fraction of sp³-hybridized carbons (Fsp3) is 0.846. The van der Waals surface area contributed by atoms with Gasteiger partial charge in [0.25, 0.3) is 0 Å². The molecule has 0 aliphatic rings. The van der Waals surface area contributed by atoms with E-state index in [1.807, 2.05) is 0 Å². The number of rotatable bonds is 22. The highest BCUT2D eigenvalue weighted by atomic mass is 35.5. The van der Waals surface area contributed by atoms with Crippen molar-refractivity contribution < 1.29 is 16.9 Å². The first-order chi connectivity index (χ1) is 13.2. The molecule has 0 saturated carbocycles. The molecule has 0 bridgehead atoms. The Morgan fingerprint density at radius 3 is 1.07 bits per heavy atom. The molecule has 0 rings (SSSR count). The van der Waals surface area contributed by atoms with Crippen LogP contribution in [-0.4, -0.2) is 30.7 Å². The lowest BCUT2D eigenvalue weighted by molar-refractivity contribution is -0.917. The van der Waals surface area contributed by atoms with Gasteiger partial charge in [-0.05, 0) is 37.8 Å². The molecule has 0 unspecified atom stereocenters. The monoisotopic (exact) mass is 413 g/mol. The summed E-state index contributed by atoms with van der Waals surface area (Å²) in [6.45, 7) is 17.5. The van der Waals surface area contributed by atoms with Crippen molar-refractivity contribution in [3.63, 3.8) is 0 Å². The first-order valence-electron chi connectivity index (χ1n) is 12.3. The maximum atomic E-state index is 4.05. The van der Waals surface area contributed by atoms with Crippen molar-refractivity contribution in [2.45, 2.75) is 117 Å². The Morgan fingerprint density at radius 1 is 0.500 bits per heavy atom. The lowest BCUT2D eigenvalue weighted by atomic mass is 10.1. The molecule has 0 saturated heterocycles. The van der Waals surface area contributed by atoms with Crippen LogP contribution in [0.15, 0.2) is 25.3 Å². The van der Waals surface area contributed by atoms with E-state index >= 15 is 0 Å². The van der Waals surface area contributed by atoms with Crippen LogP contribution < -0.4 is 12.4 Å². The summed E-state index contributed by atoms with van der Waals surface area (Å²) in [4.78, 5) is 0. The minimum absolute atomic E-state index is 0. The molecule has 0 N–H and O–H groups in total. The van der Waals surface area contributed by atoms with E-state index < -0.39 is 0 Å². The molecular formula is C26H52ClN. The van der Waals surface area contributed by atoms with Crippen LogP contribution in [0.2, 0.25) is 0 Å². The third kappa shape index (κ3) is 17.8. The molecule has 0 aromatic carbocycles. The minimum Gasteiger partial charge on any atom is -1.00 e. The van der Waals surface area contributed by atoms with Crippen molar-refractivity contribution in [1.29, 1.82) is 0 Å². The second-order valence-electron chi connectivity index (χ2n) is 8.68. The van der Waals surface area contributed by atoms with E-state index in [1.54, 1.807) is 0 Å². The molecule has 0 amide bonds. The van der Waals surface area contributed by atoms with Crippen molar-refractivity contribution in [1.82, 2.24) is 0 Å². The van der Waals surface area contributed by atoms with Crippen LogP contribution >= 0.6 is 0 Å². The zero-order chi connectivity index (χ0) is 20.1. The van der Waals surface area contributed by atoms with Gasteiger partial charge < -0.3 is 16.9 Å². The summed E-state index contributed by atoms with van der Waals surface area (Å²) in [5, 5.41) is 0. The Morgan fingerprint density at radius 2 is 0.786 bits per heavy atom. The lowest BCUT2D eigenvalue weighted by Crippen LogP contribution is -3.00. The highest BCUT2D eigenvalue weighted by Gasteiger charge is 2.23. The standard InChI is InChI=1S/C26H52N.ClH/c1-5-9-11-13-15-17-19-21-25-27(23-7-3,24-8-4)26-22-20-18-16-14-12-10-6-2;/h7-8H,3-6,9-26H2,1-2H3;1H/q+1;/p-1. The zero-order valence-corrected chi connectivity index (χ0v) is 20.3. The van der Waals surface area contributed by atoms with Crippen molar-refractivity contribution >= 4 is 0 Å². The Hall–Kier alpha value is -0.270. The Bertz CT molecular complexity index is 294. The van der Waals surface area contributed by atoms with Gasteiger partial charge in [0.2, 0.25) is 0 Å². The third-order valence-corrected chi connectivity index (χ3v) is 6.00. The van der Waals surface area contributed by atoms with Gasteiger partial charge in [-0.25, -0.2) is 0 Å². The van der Waals surface area contributed by atoms with Gasteiger partial charge in [0.15, 0.2) is 0 Å². The van der Waals surface area contributed by atoms with Crippen LogP contribution in [0.1, 0.15) is 117 Å². The van der Waals surface area contributed by atoms with E-state index in [4.69, 9.17) is 0 Å². The lowest BCUT2D eigenvalue weighted by Gasteiger charge is -2.37. The molecule has 0 radical (unpaired) electrons. The van der Waals surface area contributed by atoms with Gasteiger partial charge in [0.1, 0.15) is 0 Å². The normalized spacial score (nSPS) is 11.2. The highest BCUT2D eigenvalue weighted by Crippen LogP contribution is 2.17. The van der Waals surface area contributed by atoms with Gasteiger partial charge >= 0.3 is 0 Å². The van der Waals surface area contributed by atoms with Gasteiger partial charge in [-0.1, -0.05) is 104 Å². The highest BCUT2D eigenvalue weighted by molar-refractivity contribution is 4.72. The van der Waals surface area contributed by atoms with Gasteiger partial charge in [-0.15, -0.1) is 0 Å².